The molecule has 3 heterocycles. The van der Waals surface area contributed by atoms with Crippen LogP contribution in [0.2, 0.25) is 0 Å². The number of benzene rings is 2. The number of halogens is 1. The van der Waals surface area contributed by atoms with Gasteiger partial charge in [0, 0.05) is 27.6 Å². The minimum Gasteiger partial charge on any atom is -0.382 e. The summed E-state index contributed by atoms with van der Waals surface area (Å²) in [5, 5.41) is 9.21. The summed E-state index contributed by atoms with van der Waals surface area (Å²) < 4.78 is 16.5. The second kappa shape index (κ2) is 7.21. The van der Waals surface area contributed by atoms with Crippen LogP contribution in [0.3, 0.4) is 0 Å². The number of aromatic nitrogens is 2. The fourth-order valence-corrected chi connectivity index (χ4v) is 5.34. The highest BCUT2D eigenvalue weighted by Gasteiger charge is 2.26. The zero-order valence-corrected chi connectivity index (χ0v) is 16.9. The van der Waals surface area contributed by atoms with Gasteiger partial charge >= 0.3 is 0 Å². The Morgan fingerprint density at radius 2 is 1.97 bits per heavy atom. The van der Waals surface area contributed by atoms with Crippen molar-refractivity contribution >= 4 is 27.2 Å². The minimum absolute atomic E-state index is 0.188. The monoisotopic (exact) mass is 404 g/mol. The lowest BCUT2D eigenvalue weighted by Crippen LogP contribution is -2.17. The molecule has 2 aromatic carbocycles. The third-order valence-electron chi connectivity index (χ3n) is 5.59. The van der Waals surface area contributed by atoms with Crippen molar-refractivity contribution in [1.82, 2.24) is 15.1 Å². The van der Waals surface area contributed by atoms with Crippen molar-refractivity contribution in [1.29, 1.82) is 0 Å². The number of nitrogens with zero attached hydrogens (tertiary/aromatic N) is 3. The number of nitrogen functional groups attached to an aromatic ring is 1. The molecule has 0 bridgehead atoms. The van der Waals surface area contributed by atoms with Crippen LogP contribution in [-0.2, 0) is 6.54 Å². The fourth-order valence-electron chi connectivity index (χ4n) is 4.12. The highest BCUT2D eigenvalue weighted by molar-refractivity contribution is 7.19. The summed E-state index contributed by atoms with van der Waals surface area (Å²) in [6, 6.07) is 17.7. The lowest BCUT2D eigenvalue weighted by molar-refractivity contribution is 0.328. The van der Waals surface area contributed by atoms with Gasteiger partial charge in [-0.3, -0.25) is 0 Å². The van der Waals surface area contributed by atoms with Crippen molar-refractivity contribution < 1.29 is 4.39 Å². The van der Waals surface area contributed by atoms with Crippen LogP contribution < -0.4 is 5.73 Å². The molecule has 0 spiro atoms. The molecule has 2 N–H and O–H groups in total. The van der Waals surface area contributed by atoms with Gasteiger partial charge in [-0.15, -0.1) is 21.5 Å². The number of hydrogen-bond donors (Lipinski definition) is 1. The van der Waals surface area contributed by atoms with Crippen molar-refractivity contribution in [2.24, 2.45) is 0 Å². The van der Waals surface area contributed by atoms with E-state index in [1.54, 1.807) is 18.2 Å². The molecule has 0 fully saturated rings. The number of rotatable bonds is 2. The second-order valence-electron chi connectivity index (χ2n) is 7.64. The third kappa shape index (κ3) is 3.39. The maximum Gasteiger partial charge on any atom is 0.146 e. The average molecular weight is 405 g/mol. The summed E-state index contributed by atoms with van der Waals surface area (Å²) in [6.45, 7) is 1.75. The highest BCUT2D eigenvalue weighted by Crippen LogP contribution is 2.41. The fraction of sp³-hybridized carbons (Fsp3) is 0.217. The first-order chi connectivity index (χ1) is 14.1. The normalized spacial score (nSPS) is 17.2. The summed E-state index contributed by atoms with van der Waals surface area (Å²) in [7, 11) is 2.11. The maximum absolute atomic E-state index is 15.2. The van der Waals surface area contributed by atoms with Crippen molar-refractivity contribution in [3.05, 3.63) is 76.4 Å². The number of thiophene rings is 1. The molecule has 1 aliphatic heterocycles. The average Bonchev–Trinajstić information content (AvgIpc) is 3.07. The summed E-state index contributed by atoms with van der Waals surface area (Å²) >= 11 is 1.81. The molecule has 2 aromatic heterocycles. The van der Waals surface area contributed by atoms with E-state index in [0.29, 0.717) is 17.1 Å². The molecule has 0 saturated carbocycles. The van der Waals surface area contributed by atoms with Crippen LogP contribution in [0.5, 0.6) is 0 Å². The molecule has 29 heavy (non-hydrogen) atoms. The Morgan fingerprint density at radius 3 is 2.76 bits per heavy atom. The van der Waals surface area contributed by atoms with E-state index in [2.05, 4.69) is 52.5 Å². The van der Waals surface area contributed by atoms with Gasteiger partial charge in [-0.1, -0.05) is 18.2 Å². The zero-order chi connectivity index (χ0) is 20.0. The number of nitrogens with two attached hydrogens (primary N) is 1. The predicted molar refractivity (Wildman–Crippen MR) is 116 cm³/mol. The van der Waals surface area contributed by atoms with Gasteiger partial charge in [0.05, 0.1) is 5.69 Å². The van der Waals surface area contributed by atoms with Crippen molar-refractivity contribution in [3.8, 4) is 11.3 Å². The van der Waals surface area contributed by atoms with Crippen LogP contribution in [0.1, 0.15) is 28.3 Å². The van der Waals surface area contributed by atoms with E-state index in [1.165, 1.54) is 15.0 Å². The van der Waals surface area contributed by atoms with Crippen LogP contribution in [0.4, 0.5) is 10.2 Å². The smallest absolute Gasteiger partial charge is 0.146 e. The van der Waals surface area contributed by atoms with Gasteiger partial charge in [-0.05, 0) is 72.9 Å². The SMILES string of the molecule is CN1CCC(c2cc3ccccc3s2)c2cc(F)c(-c3ccc(N)nn3)cc2C1. The van der Waals surface area contributed by atoms with Gasteiger partial charge in [0.25, 0.3) is 0 Å². The first kappa shape index (κ1) is 18.2. The number of hydrogen-bond acceptors (Lipinski definition) is 5. The molecule has 1 aliphatic rings. The molecule has 0 amide bonds. The Morgan fingerprint density at radius 1 is 1.10 bits per heavy atom. The molecule has 0 radical (unpaired) electrons. The lowest BCUT2D eigenvalue weighted by Gasteiger charge is -2.17. The van der Waals surface area contributed by atoms with Crippen LogP contribution in [-0.4, -0.2) is 28.7 Å². The number of anilines is 1. The topological polar surface area (TPSA) is 55.0 Å². The van der Waals surface area contributed by atoms with E-state index in [9.17, 15) is 0 Å². The first-order valence-electron chi connectivity index (χ1n) is 9.67. The number of fused-ring (bicyclic) bond motifs is 2. The second-order valence-corrected chi connectivity index (χ2v) is 8.76. The van der Waals surface area contributed by atoms with E-state index >= 15 is 4.39 Å². The van der Waals surface area contributed by atoms with Gasteiger partial charge in [0.2, 0.25) is 0 Å². The van der Waals surface area contributed by atoms with E-state index in [-0.39, 0.29) is 11.7 Å². The zero-order valence-electron chi connectivity index (χ0n) is 16.1. The van der Waals surface area contributed by atoms with E-state index in [4.69, 9.17) is 5.73 Å². The molecule has 5 rings (SSSR count). The Kier molecular flexibility index (Phi) is 4.53. The Labute approximate surface area is 172 Å². The van der Waals surface area contributed by atoms with Crippen molar-refractivity contribution in [2.75, 3.05) is 19.3 Å². The van der Waals surface area contributed by atoms with Crippen molar-refractivity contribution in [3.63, 3.8) is 0 Å². The molecule has 146 valence electrons. The molecular weight excluding hydrogens is 383 g/mol. The maximum atomic E-state index is 15.2. The highest BCUT2D eigenvalue weighted by atomic mass is 32.1. The molecule has 6 heteroatoms. The standard InChI is InChI=1S/C23H21FN4S/c1-28-9-8-16(22-11-14-4-2-3-5-21(14)29-22)17-12-19(24)18(10-15(17)13-28)20-6-7-23(25)27-26-20/h2-7,10-12,16H,8-9,13H2,1H3,(H2,25,27). The third-order valence-corrected chi connectivity index (χ3v) is 6.82. The van der Waals surface area contributed by atoms with E-state index < -0.39 is 0 Å². The van der Waals surface area contributed by atoms with Crippen LogP contribution >= 0.6 is 11.3 Å². The van der Waals surface area contributed by atoms with Gasteiger partial charge in [0.1, 0.15) is 11.6 Å². The molecule has 0 aliphatic carbocycles. The van der Waals surface area contributed by atoms with Gasteiger partial charge in [0.15, 0.2) is 0 Å². The Balaban J connectivity index is 1.63. The summed E-state index contributed by atoms with van der Waals surface area (Å²) in [4.78, 5) is 3.59. The van der Waals surface area contributed by atoms with Crippen LogP contribution in [0.25, 0.3) is 21.3 Å². The van der Waals surface area contributed by atoms with Crippen LogP contribution in [0, 0.1) is 5.82 Å². The summed E-state index contributed by atoms with van der Waals surface area (Å²) in [6.07, 6.45) is 0.969. The summed E-state index contributed by atoms with van der Waals surface area (Å²) in [5.74, 6) is 0.250. The molecular formula is C23H21FN4S. The molecule has 1 atom stereocenters. The largest absolute Gasteiger partial charge is 0.382 e. The van der Waals surface area contributed by atoms with Gasteiger partial charge < -0.3 is 10.6 Å². The quantitative estimate of drug-likeness (QED) is 0.508. The lowest BCUT2D eigenvalue weighted by atomic mass is 9.89. The Hall–Kier alpha value is -2.83. The summed E-state index contributed by atoms with van der Waals surface area (Å²) in [5.41, 5.74) is 8.83. The minimum atomic E-state index is -0.265. The Bertz CT molecular complexity index is 1150. The van der Waals surface area contributed by atoms with Crippen LogP contribution in [0.15, 0.2) is 54.6 Å². The van der Waals surface area contributed by atoms with E-state index in [1.807, 2.05) is 17.4 Å². The molecule has 4 nitrogen and oxygen atoms in total. The van der Waals surface area contributed by atoms with Gasteiger partial charge in [-0.25, -0.2) is 4.39 Å². The molecule has 4 aromatic rings. The molecule has 1 unspecified atom stereocenters. The predicted octanol–water partition coefficient (Wildman–Crippen LogP) is 5.05. The molecule has 0 saturated heterocycles. The van der Waals surface area contributed by atoms with E-state index in [0.717, 1.165) is 30.6 Å². The van der Waals surface area contributed by atoms with Gasteiger partial charge in [-0.2, -0.15) is 0 Å². The first-order valence-corrected chi connectivity index (χ1v) is 10.5. The van der Waals surface area contributed by atoms with Crippen molar-refractivity contribution in [2.45, 2.75) is 18.9 Å².